The lowest BCUT2D eigenvalue weighted by Crippen LogP contribution is -2.04. The second-order valence-corrected chi connectivity index (χ2v) is 12.3. The summed E-state index contributed by atoms with van der Waals surface area (Å²) in [5.41, 5.74) is 3.02. The van der Waals surface area contributed by atoms with Crippen molar-refractivity contribution in [3.8, 4) is 56.8 Å². The summed E-state index contributed by atoms with van der Waals surface area (Å²) in [6, 6.07) is 30.3. The lowest BCUT2D eigenvalue weighted by molar-refractivity contribution is 0.0697. The number of hydrogen-bond acceptors (Lipinski definition) is 7. The predicted octanol–water partition coefficient (Wildman–Crippen LogP) is 9.97. The van der Waals surface area contributed by atoms with Crippen LogP contribution in [0.3, 0.4) is 0 Å². The van der Waals surface area contributed by atoms with E-state index in [0.717, 1.165) is 43.4 Å². The highest BCUT2D eigenvalue weighted by atomic mass is 16.5. The molecule has 1 N–H and O–H groups in total. The van der Waals surface area contributed by atoms with E-state index in [1.165, 1.54) is 41.8 Å². The molecule has 0 unspecified atom stereocenters. The molecule has 0 saturated heterocycles. The van der Waals surface area contributed by atoms with Gasteiger partial charge in [0.25, 0.3) is 0 Å². The number of benzene rings is 8. The van der Waals surface area contributed by atoms with Crippen LogP contribution in [0, 0.1) is 0 Å². The van der Waals surface area contributed by atoms with Gasteiger partial charge in [0, 0.05) is 5.56 Å². The van der Waals surface area contributed by atoms with Gasteiger partial charge in [0.05, 0.1) is 48.2 Å². The van der Waals surface area contributed by atoms with Crippen LogP contribution in [-0.4, -0.2) is 53.7 Å². The van der Waals surface area contributed by atoms with Crippen molar-refractivity contribution in [2.75, 3.05) is 42.7 Å². The van der Waals surface area contributed by atoms with E-state index in [9.17, 15) is 9.90 Å². The number of rotatable bonds is 9. The first-order chi connectivity index (χ1) is 24.8. The van der Waals surface area contributed by atoms with Gasteiger partial charge < -0.3 is 33.5 Å². The molecular formula is C43H34O8. The number of carboxylic acids is 1. The van der Waals surface area contributed by atoms with Gasteiger partial charge in [-0.15, -0.1) is 0 Å². The van der Waals surface area contributed by atoms with Crippen LogP contribution in [0.2, 0.25) is 0 Å². The van der Waals surface area contributed by atoms with Gasteiger partial charge in [-0.3, -0.25) is 0 Å². The van der Waals surface area contributed by atoms with Gasteiger partial charge in [-0.1, -0.05) is 54.6 Å². The van der Waals surface area contributed by atoms with Gasteiger partial charge in [-0.25, -0.2) is 4.79 Å². The lowest BCUT2D eigenvalue weighted by atomic mass is 9.82. The Kier molecular flexibility index (Phi) is 7.60. The second-order valence-electron chi connectivity index (χ2n) is 12.3. The molecule has 0 fully saturated rings. The summed E-state index contributed by atoms with van der Waals surface area (Å²) < 4.78 is 34.7. The van der Waals surface area contributed by atoms with Crippen LogP contribution in [0.15, 0.2) is 91.0 Å². The molecule has 0 spiro atoms. The highest BCUT2D eigenvalue weighted by molar-refractivity contribution is 6.30. The topological polar surface area (TPSA) is 92.7 Å². The molecule has 0 aromatic heterocycles. The van der Waals surface area contributed by atoms with Crippen LogP contribution >= 0.6 is 0 Å². The van der Waals surface area contributed by atoms with E-state index in [4.69, 9.17) is 28.4 Å². The number of ether oxygens (including phenoxy) is 6. The number of aromatic carboxylic acids is 1. The van der Waals surface area contributed by atoms with E-state index < -0.39 is 5.97 Å². The van der Waals surface area contributed by atoms with Gasteiger partial charge in [0.2, 0.25) is 0 Å². The second kappa shape index (κ2) is 12.2. The molecule has 8 aromatic carbocycles. The number of hydrogen-bond donors (Lipinski definition) is 1. The third-order valence-electron chi connectivity index (χ3n) is 9.95. The van der Waals surface area contributed by atoms with E-state index in [0.29, 0.717) is 45.6 Å². The van der Waals surface area contributed by atoms with Crippen molar-refractivity contribution in [1.29, 1.82) is 0 Å². The Balaban J connectivity index is 1.64. The molecular weight excluding hydrogens is 644 g/mol. The minimum Gasteiger partial charge on any atom is -0.493 e. The predicted molar refractivity (Wildman–Crippen MR) is 202 cm³/mol. The van der Waals surface area contributed by atoms with Gasteiger partial charge in [-0.2, -0.15) is 0 Å². The zero-order chi connectivity index (χ0) is 35.6. The molecule has 0 radical (unpaired) electrons. The maximum absolute atomic E-state index is 13.0. The summed E-state index contributed by atoms with van der Waals surface area (Å²) in [6.45, 7) is 0. The van der Waals surface area contributed by atoms with Crippen molar-refractivity contribution in [2.45, 2.75) is 0 Å². The average molecular weight is 679 g/mol. The monoisotopic (exact) mass is 678 g/mol. The minimum absolute atomic E-state index is 0.0373. The fourth-order valence-corrected chi connectivity index (χ4v) is 7.67. The van der Waals surface area contributed by atoms with E-state index in [2.05, 4.69) is 54.6 Å². The molecule has 8 heteroatoms. The maximum atomic E-state index is 13.0. The van der Waals surface area contributed by atoms with Crippen LogP contribution in [0.5, 0.6) is 34.5 Å². The maximum Gasteiger partial charge on any atom is 0.336 e. The summed E-state index contributed by atoms with van der Waals surface area (Å²) in [5.74, 6) is 1.60. The molecule has 0 amide bonds. The number of carboxylic acid groups (broad SMARTS) is 1. The Bertz CT molecular complexity index is 2610. The highest BCUT2D eigenvalue weighted by Crippen LogP contribution is 2.52. The zero-order valence-electron chi connectivity index (χ0n) is 29.0. The number of carbonyl (C=O) groups is 1. The van der Waals surface area contributed by atoms with Crippen LogP contribution < -0.4 is 28.4 Å². The van der Waals surface area contributed by atoms with Crippen molar-refractivity contribution in [3.63, 3.8) is 0 Å². The molecule has 0 saturated carbocycles. The number of fused-ring (bicyclic) bond motifs is 2. The molecule has 0 heterocycles. The van der Waals surface area contributed by atoms with Gasteiger partial charge in [0.1, 0.15) is 0 Å². The molecule has 0 aliphatic carbocycles. The van der Waals surface area contributed by atoms with Crippen LogP contribution in [-0.2, 0) is 0 Å². The van der Waals surface area contributed by atoms with Crippen molar-refractivity contribution < 1.29 is 38.3 Å². The zero-order valence-corrected chi connectivity index (χ0v) is 29.0. The molecule has 0 aliphatic heterocycles. The van der Waals surface area contributed by atoms with Crippen LogP contribution in [0.25, 0.3) is 76.1 Å². The largest absolute Gasteiger partial charge is 0.493 e. The fourth-order valence-electron chi connectivity index (χ4n) is 7.67. The van der Waals surface area contributed by atoms with Gasteiger partial charge in [-0.05, 0) is 107 Å². The van der Waals surface area contributed by atoms with E-state index >= 15 is 0 Å². The van der Waals surface area contributed by atoms with Crippen molar-refractivity contribution in [1.82, 2.24) is 0 Å². The summed E-state index contributed by atoms with van der Waals surface area (Å²) in [5, 5.41) is 20.7. The third-order valence-corrected chi connectivity index (χ3v) is 9.95. The van der Waals surface area contributed by atoms with Crippen molar-refractivity contribution in [3.05, 3.63) is 96.6 Å². The molecule has 8 rings (SSSR count). The molecule has 0 aliphatic rings. The van der Waals surface area contributed by atoms with E-state index in [1.54, 1.807) is 34.5 Å². The van der Waals surface area contributed by atoms with Crippen molar-refractivity contribution in [2.24, 2.45) is 0 Å². The Morgan fingerprint density at radius 2 is 0.824 bits per heavy atom. The Hall–Kier alpha value is -6.41. The lowest BCUT2D eigenvalue weighted by Gasteiger charge is -2.23. The Morgan fingerprint density at radius 1 is 0.431 bits per heavy atom. The molecule has 0 bridgehead atoms. The van der Waals surface area contributed by atoms with Crippen molar-refractivity contribution >= 4 is 59.8 Å². The summed E-state index contributed by atoms with van der Waals surface area (Å²) in [4.78, 5) is 13.0. The van der Waals surface area contributed by atoms with Gasteiger partial charge >= 0.3 is 5.97 Å². The normalized spacial score (nSPS) is 11.5. The standard InChI is InChI=1S/C43H34O8/c1-46-33-16-27-29(18-35(33)48-3)42(31-20-37(50-5)38(51-6)21-32(31)43(44)45)30-19-36(49-4)34(47-2)17-28(30)41(27)26-15-13-24-11-10-22-8-7-9-23-12-14-25(26)40(24)39(22)23/h7-21H,1-6H3,(H,44,45). The average Bonchev–Trinajstić information content (AvgIpc) is 3.17. The van der Waals surface area contributed by atoms with Crippen LogP contribution in [0.4, 0.5) is 0 Å². The van der Waals surface area contributed by atoms with Gasteiger partial charge in [0.15, 0.2) is 34.5 Å². The fraction of sp³-hybridized carbons (Fsp3) is 0.140. The molecule has 51 heavy (non-hydrogen) atoms. The molecule has 8 nitrogen and oxygen atoms in total. The summed E-state index contributed by atoms with van der Waals surface area (Å²) in [7, 11) is 9.38. The quantitative estimate of drug-likeness (QED) is 0.119. The minimum atomic E-state index is -1.12. The SMILES string of the molecule is COc1cc(C(=O)O)c(-c2c3cc(OC)c(OC)cc3c(-c3ccc4ccc5cccc6ccc3c4c56)c3cc(OC)c(OC)cc23)cc1OC. The first-order valence-electron chi connectivity index (χ1n) is 16.3. The van der Waals surface area contributed by atoms with Crippen LogP contribution in [0.1, 0.15) is 10.4 Å². The first kappa shape index (κ1) is 31.8. The Labute approximate surface area is 293 Å². The summed E-state index contributed by atoms with van der Waals surface area (Å²) in [6.07, 6.45) is 0. The molecule has 8 aromatic rings. The summed E-state index contributed by atoms with van der Waals surface area (Å²) >= 11 is 0. The number of methoxy groups -OCH3 is 6. The Morgan fingerprint density at radius 3 is 1.29 bits per heavy atom. The first-order valence-corrected chi connectivity index (χ1v) is 16.3. The smallest absolute Gasteiger partial charge is 0.336 e. The van der Waals surface area contributed by atoms with E-state index in [1.807, 2.05) is 24.3 Å². The van der Waals surface area contributed by atoms with E-state index in [-0.39, 0.29) is 5.56 Å². The molecule has 0 atom stereocenters. The molecule has 254 valence electrons. The third kappa shape index (κ3) is 4.71. The highest BCUT2D eigenvalue weighted by Gasteiger charge is 2.27.